The SMILES string of the molecule is Cc1ccccc1-c1ccc2c(nc3ccccn32)[n+]1C. The Morgan fingerprint density at radius 1 is 0.952 bits per heavy atom. The van der Waals surface area contributed by atoms with Gasteiger partial charge in [-0.15, -0.1) is 0 Å². The average Bonchev–Trinajstić information content (AvgIpc) is 2.89. The lowest BCUT2D eigenvalue weighted by Gasteiger charge is -2.06. The van der Waals surface area contributed by atoms with Crippen LogP contribution in [0.2, 0.25) is 0 Å². The maximum Gasteiger partial charge on any atom is 0.350 e. The summed E-state index contributed by atoms with van der Waals surface area (Å²) < 4.78 is 4.29. The Balaban J connectivity index is 2.07. The van der Waals surface area contributed by atoms with Crippen LogP contribution in [0.4, 0.5) is 0 Å². The molecule has 3 heteroatoms. The summed E-state index contributed by atoms with van der Waals surface area (Å²) in [5, 5.41) is 0. The van der Waals surface area contributed by atoms with Crippen LogP contribution >= 0.6 is 0 Å². The highest BCUT2D eigenvalue weighted by atomic mass is 15.1. The van der Waals surface area contributed by atoms with Crippen molar-refractivity contribution in [3.63, 3.8) is 0 Å². The minimum Gasteiger partial charge on any atom is -0.273 e. The number of hydrogen-bond donors (Lipinski definition) is 0. The van der Waals surface area contributed by atoms with E-state index in [1.807, 2.05) is 18.2 Å². The van der Waals surface area contributed by atoms with E-state index in [2.05, 4.69) is 65.5 Å². The molecule has 0 aliphatic rings. The molecule has 4 rings (SSSR count). The monoisotopic (exact) mass is 274 g/mol. The molecule has 3 heterocycles. The first kappa shape index (κ1) is 12.1. The van der Waals surface area contributed by atoms with E-state index in [4.69, 9.17) is 4.98 Å². The summed E-state index contributed by atoms with van der Waals surface area (Å²) in [5.41, 5.74) is 6.82. The second-order valence-corrected chi connectivity index (χ2v) is 5.34. The van der Waals surface area contributed by atoms with Crippen molar-refractivity contribution in [3.8, 4) is 11.3 Å². The molecule has 102 valence electrons. The largest absolute Gasteiger partial charge is 0.350 e. The fraction of sp³-hybridized carbons (Fsp3) is 0.111. The lowest BCUT2D eigenvalue weighted by molar-refractivity contribution is -0.635. The molecule has 0 aliphatic heterocycles. The highest BCUT2D eigenvalue weighted by Gasteiger charge is 2.18. The molecule has 0 radical (unpaired) electrons. The van der Waals surface area contributed by atoms with Gasteiger partial charge in [-0.3, -0.25) is 4.40 Å². The molecule has 0 N–H and O–H groups in total. The summed E-state index contributed by atoms with van der Waals surface area (Å²) in [5.74, 6) is 0. The van der Waals surface area contributed by atoms with E-state index < -0.39 is 0 Å². The van der Waals surface area contributed by atoms with Gasteiger partial charge in [0, 0.05) is 17.8 Å². The minimum atomic E-state index is 0.977. The molecule has 1 aromatic carbocycles. The third kappa shape index (κ3) is 1.74. The van der Waals surface area contributed by atoms with E-state index >= 15 is 0 Å². The molecular weight excluding hydrogens is 258 g/mol. The van der Waals surface area contributed by atoms with Crippen molar-refractivity contribution in [2.24, 2.45) is 7.05 Å². The zero-order valence-corrected chi connectivity index (χ0v) is 12.1. The van der Waals surface area contributed by atoms with E-state index in [0.717, 1.165) is 16.8 Å². The van der Waals surface area contributed by atoms with Crippen LogP contribution < -0.4 is 4.57 Å². The number of hydrogen-bond acceptors (Lipinski definition) is 1. The smallest absolute Gasteiger partial charge is 0.273 e. The van der Waals surface area contributed by atoms with E-state index in [0.29, 0.717) is 0 Å². The summed E-state index contributed by atoms with van der Waals surface area (Å²) in [4.78, 5) is 4.76. The molecular formula is C18H16N3+. The maximum atomic E-state index is 4.76. The van der Waals surface area contributed by atoms with E-state index in [-0.39, 0.29) is 0 Å². The van der Waals surface area contributed by atoms with Crippen LogP contribution in [0.15, 0.2) is 60.8 Å². The minimum absolute atomic E-state index is 0.977. The number of fused-ring (bicyclic) bond motifs is 3. The Morgan fingerprint density at radius 2 is 1.76 bits per heavy atom. The highest BCUT2D eigenvalue weighted by molar-refractivity contribution is 5.76. The van der Waals surface area contributed by atoms with Crippen molar-refractivity contribution < 1.29 is 4.57 Å². The molecule has 0 saturated heterocycles. The Morgan fingerprint density at radius 3 is 2.62 bits per heavy atom. The average molecular weight is 274 g/mol. The van der Waals surface area contributed by atoms with Crippen molar-refractivity contribution in [3.05, 3.63) is 66.4 Å². The van der Waals surface area contributed by atoms with Gasteiger partial charge in [0.15, 0.2) is 0 Å². The molecule has 0 saturated carbocycles. The molecule has 0 amide bonds. The number of aryl methyl sites for hydroxylation is 2. The maximum absolute atomic E-state index is 4.76. The topological polar surface area (TPSA) is 21.2 Å². The van der Waals surface area contributed by atoms with Crippen LogP contribution in [0.25, 0.3) is 28.1 Å². The van der Waals surface area contributed by atoms with Gasteiger partial charge >= 0.3 is 5.65 Å². The van der Waals surface area contributed by atoms with Crippen molar-refractivity contribution in [1.82, 2.24) is 9.38 Å². The van der Waals surface area contributed by atoms with Crippen LogP contribution in [0.1, 0.15) is 5.56 Å². The predicted octanol–water partition coefficient (Wildman–Crippen LogP) is 3.29. The van der Waals surface area contributed by atoms with Gasteiger partial charge in [-0.2, -0.15) is 0 Å². The van der Waals surface area contributed by atoms with Crippen LogP contribution in [0, 0.1) is 6.92 Å². The molecule has 0 aliphatic carbocycles. The van der Waals surface area contributed by atoms with Gasteiger partial charge in [0.2, 0.25) is 0 Å². The summed E-state index contributed by atoms with van der Waals surface area (Å²) in [7, 11) is 2.08. The molecule has 3 nitrogen and oxygen atoms in total. The predicted molar refractivity (Wildman–Crippen MR) is 84.0 cm³/mol. The standard InChI is InChI=1S/C18H16N3/c1-13-7-3-4-8-14(13)15-10-11-16-18(20(15)2)19-17-9-5-6-12-21(16)17/h3-12H,1-2H3/q+1. The van der Waals surface area contributed by atoms with Crippen LogP contribution in [0.5, 0.6) is 0 Å². The molecule has 3 aromatic heterocycles. The van der Waals surface area contributed by atoms with Gasteiger partial charge in [0.1, 0.15) is 11.2 Å². The number of imidazole rings is 1. The van der Waals surface area contributed by atoms with Crippen molar-refractivity contribution >= 4 is 16.8 Å². The van der Waals surface area contributed by atoms with Crippen molar-refractivity contribution in [2.45, 2.75) is 6.92 Å². The fourth-order valence-electron chi connectivity index (χ4n) is 2.92. The number of benzene rings is 1. The van der Waals surface area contributed by atoms with Crippen LogP contribution in [-0.4, -0.2) is 9.38 Å². The zero-order valence-electron chi connectivity index (χ0n) is 12.1. The van der Waals surface area contributed by atoms with Crippen molar-refractivity contribution in [1.29, 1.82) is 0 Å². The zero-order chi connectivity index (χ0) is 14.4. The molecule has 21 heavy (non-hydrogen) atoms. The molecule has 0 bridgehead atoms. The molecule has 0 fully saturated rings. The third-order valence-electron chi connectivity index (χ3n) is 4.05. The fourth-order valence-corrected chi connectivity index (χ4v) is 2.92. The van der Waals surface area contributed by atoms with Gasteiger partial charge in [0.05, 0.1) is 7.05 Å². The van der Waals surface area contributed by atoms with Crippen molar-refractivity contribution in [2.75, 3.05) is 0 Å². The van der Waals surface area contributed by atoms with E-state index in [1.54, 1.807) is 0 Å². The second-order valence-electron chi connectivity index (χ2n) is 5.34. The van der Waals surface area contributed by atoms with E-state index in [9.17, 15) is 0 Å². The van der Waals surface area contributed by atoms with Gasteiger partial charge < -0.3 is 0 Å². The molecule has 4 aromatic rings. The molecule has 0 atom stereocenters. The number of pyridine rings is 2. The summed E-state index contributed by atoms with van der Waals surface area (Å²) in [6.07, 6.45) is 2.05. The van der Waals surface area contributed by atoms with Gasteiger partial charge in [-0.25, -0.2) is 4.57 Å². The number of nitrogens with zero attached hydrogens (tertiary/aromatic N) is 3. The normalized spacial score (nSPS) is 11.3. The Hall–Kier alpha value is -2.68. The van der Waals surface area contributed by atoms with Crippen LogP contribution in [-0.2, 0) is 7.05 Å². The third-order valence-corrected chi connectivity index (χ3v) is 4.05. The van der Waals surface area contributed by atoms with E-state index in [1.165, 1.54) is 16.8 Å². The molecule has 0 spiro atoms. The van der Waals surface area contributed by atoms with Gasteiger partial charge in [-0.05, 0) is 35.7 Å². The Kier molecular flexibility index (Phi) is 2.54. The Bertz CT molecular complexity index is 967. The summed E-state index contributed by atoms with van der Waals surface area (Å²) in [6, 6.07) is 18.9. The first-order valence-electron chi connectivity index (χ1n) is 7.07. The highest BCUT2D eigenvalue weighted by Crippen LogP contribution is 2.22. The van der Waals surface area contributed by atoms with Crippen LogP contribution in [0.3, 0.4) is 0 Å². The lowest BCUT2D eigenvalue weighted by Crippen LogP contribution is -2.32. The summed E-state index contributed by atoms with van der Waals surface area (Å²) >= 11 is 0. The summed E-state index contributed by atoms with van der Waals surface area (Å²) in [6.45, 7) is 2.14. The molecule has 0 unspecified atom stereocenters. The lowest BCUT2D eigenvalue weighted by atomic mass is 10.0. The second kappa shape index (κ2) is 4.42. The number of rotatable bonds is 1. The first-order chi connectivity index (χ1) is 10.3. The Labute approximate surface area is 123 Å². The first-order valence-corrected chi connectivity index (χ1v) is 7.07. The quantitative estimate of drug-likeness (QED) is 0.488. The number of aromatic nitrogens is 3. The van der Waals surface area contributed by atoms with Gasteiger partial charge in [0.25, 0.3) is 5.65 Å². The van der Waals surface area contributed by atoms with Gasteiger partial charge in [-0.1, -0.05) is 30.3 Å².